The van der Waals surface area contributed by atoms with Crippen LogP contribution in [0.15, 0.2) is 3.92 Å². The molecule has 0 atom stereocenters. The van der Waals surface area contributed by atoms with Crippen molar-refractivity contribution in [2.75, 3.05) is 11.4 Å². The summed E-state index contributed by atoms with van der Waals surface area (Å²) < 4.78 is 0.872. The summed E-state index contributed by atoms with van der Waals surface area (Å²) in [5, 5.41) is 9.08. The van der Waals surface area contributed by atoms with E-state index < -0.39 is 0 Å². The number of rotatable bonds is 3. The molecule has 2 rings (SSSR count). The lowest BCUT2D eigenvalue weighted by Gasteiger charge is -2.17. The Morgan fingerprint density at radius 2 is 2.33 bits per heavy atom. The maximum Gasteiger partial charge on any atom is 0.209 e. The van der Waals surface area contributed by atoms with Gasteiger partial charge in [0.05, 0.1) is 0 Å². The van der Waals surface area contributed by atoms with Gasteiger partial charge in [0.1, 0.15) is 0 Å². The second kappa shape index (κ2) is 3.30. The Labute approximate surface area is 83.9 Å². The Kier molecular flexibility index (Phi) is 2.32. The van der Waals surface area contributed by atoms with Gasteiger partial charge in [-0.25, -0.2) is 0 Å². The third kappa shape index (κ3) is 1.61. The summed E-state index contributed by atoms with van der Waals surface area (Å²) in [7, 11) is 0. The van der Waals surface area contributed by atoms with Gasteiger partial charge in [0.25, 0.3) is 0 Å². The highest BCUT2D eigenvalue weighted by atomic mass is 79.9. The minimum Gasteiger partial charge on any atom is -0.344 e. The molecule has 66 valence electrons. The molecule has 12 heavy (non-hydrogen) atoms. The second-order valence-corrected chi connectivity index (χ2v) is 5.09. The van der Waals surface area contributed by atoms with E-state index in [1.165, 1.54) is 12.8 Å². The highest BCUT2D eigenvalue weighted by Gasteiger charge is 2.29. The zero-order valence-electron chi connectivity index (χ0n) is 6.83. The number of hydrogen-bond acceptors (Lipinski definition) is 4. The first-order valence-corrected chi connectivity index (χ1v) is 5.68. The van der Waals surface area contributed by atoms with Crippen molar-refractivity contribution in [3.05, 3.63) is 3.92 Å². The van der Waals surface area contributed by atoms with Gasteiger partial charge >= 0.3 is 0 Å². The maximum absolute atomic E-state index is 4.10. The first-order valence-electron chi connectivity index (χ1n) is 4.07. The lowest BCUT2D eigenvalue weighted by atomic mass is 10.5. The topological polar surface area (TPSA) is 29.0 Å². The van der Waals surface area contributed by atoms with Gasteiger partial charge in [0, 0.05) is 12.6 Å². The van der Waals surface area contributed by atoms with Crippen LogP contribution in [0.25, 0.3) is 0 Å². The molecule has 1 heterocycles. The summed E-state index contributed by atoms with van der Waals surface area (Å²) in [6.45, 7) is 3.19. The molecule has 0 N–H and O–H groups in total. The van der Waals surface area contributed by atoms with Crippen molar-refractivity contribution in [3.63, 3.8) is 0 Å². The Morgan fingerprint density at radius 1 is 1.58 bits per heavy atom. The van der Waals surface area contributed by atoms with Gasteiger partial charge in [-0.2, -0.15) is 0 Å². The van der Waals surface area contributed by atoms with Crippen LogP contribution in [-0.2, 0) is 0 Å². The third-order valence-corrected chi connectivity index (χ3v) is 3.36. The van der Waals surface area contributed by atoms with E-state index in [0.717, 1.165) is 21.6 Å². The lowest BCUT2D eigenvalue weighted by Crippen LogP contribution is -2.24. The molecule has 0 unspecified atom stereocenters. The molecule has 1 aliphatic carbocycles. The Morgan fingerprint density at radius 3 is 2.75 bits per heavy atom. The molecule has 0 amide bonds. The molecule has 0 saturated heterocycles. The minimum absolute atomic E-state index is 0.731. The normalized spacial score (nSPS) is 16.5. The average molecular weight is 248 g/mol. The molecule has 0 aliphatic heterocycles. The number of halogens is 1. The van der Waals surface area contributed by atoms with E-state index in [4.69, 9.17) is 0 Å². The second-order valence-electron chi connectivity index (χ2n) is 2.85. The van der Waals surface area contributed by atoms with Crippen molar-refractivity contribution >= 4 is 32.4 Å². The molecule has 1 aliphatic rings. The molecule has 0 aromatic carbocycles. The van der Waals surface area contributed by atoms with Gasteiger partial charge in [0.15, 0.2) is 3.92 Å². The summed E-state index contributed by atoms with van der Waals surface area (Å²) in [6.07, 6.45) is 2.62. The molecular weight excluding hydrogens is 238 g/mol. The van der Waals surface area contributed by atoms with Crippen molar-refractivity contribution in [2.24, 2.45) is 0 Å². The summed E-state index contributed by atoms with van der Waals surface area (Å²) in [5.74, 6) is 0. The first kappa shape index (κ1) is 8.44. The first-order chi connectivity index (χ1) is 5.81. The van der Waals surface area contributed by atoms with Crippen LogP contribution in [0.4, 0.5) is 5.13 Å². The van der Waals surface area contributed by atoms with Crippen molar-refractivity contribution in [1.29, 1.82) is 0 Å². The smallest absolute Gasteiger partial charge is 0.209 e. The van der Waals surface area contributed by atoms with Gasteiger partial charge in [-0.1, -0.05) is 11.3 Å². The lowest BCUT2D eigenvalue weighted by molar-refractivity contribution is 0.809. The zero-order chi connectivity index (χ0) is 8.55. The van der Waals surface area contributed by atoms with E-state index in [2.05, 4.69) is 38.0 Å². The zero-order valence-corrected chi connectivity index (χ0v) is 9.23. The van der Waals surface area contributed by atoms with Crippen molar-refractivity contribution in [3.8, 4) is 0 Å². The average Bonchev–Trinajstić information content (AvgIpc) is 2.78. The molecule has 1 aromatic rings. The SMILES string of the molecule is CCN(c1nnc(Br)s1)C1CC1. The highest BCUT2D eigenvalue weighted by Crippen LogP contribution is 2.33. The van der Waals surface area contributed by atoms with Crippen molar-refractivity contribution in [1.82, 2.24) is 10.2 Å². The fraction of sp³-hybridized carbons (Fsp3) is 0.714. The molecule has 0 bridgehead atoms. The number of anilines is 1. The minimum atomic E-state index is 0.731. The van der Waals surface area contributed by atoms with Crippen LogP contribution in [-0.4, -0.2) is 22.8 Å². The van der Waals surface area contributed by atoms with Gasteiger partial charge in [-0.3, -0.25) is 0 Å². The van der Waals surface area contributed by atoms with Crippen LogP contribution in [0, 0.1) is 0 Å². The molecule has 3 nitrogen and oxygen atoms in total. The predicted octanol–water partition coefficient (Wildman–Crippen LogP) is 2.29. The summed E-state index contributed by atoms with van der Waals surface area (Å²) >= 11 is 4.93. The highest BCUT2D eigenvalue weighted by molar-refractivity contribution is 9.11. The van der Waals surface area contributed by atoms with Gasteiger partial charge < -0.3 is 4.90 Å². The molecule has 1 saturated carbocycles. The quantitative estimate of drug-likeness (QED) is 0.821. The van der Waals surface area contributed by atoms with Crippen LogP contribution in [0.3, 0.4) is 0 Å². The van der Waals surface area contributed by atoms with E-state index in [-0.39, 0.29) is 0 Å². The maximum atomic E-state index is 4.10. The third-order valence-electron chi connectivity index (χ3n) is 1.96. The molecule has 0 radical (unpaired) electrons. The van der Waals surface area contributed by atoms with Gasteiger partial charge in [-0.15, -0.1) is 10.2 Å². The predicted molar refractivity (Wildman–Crippen MR) is 53.7 cm³/mol. The van der Waals surface area contributed by atoms with E-state index in [1.54, 1.807) is 11.3 Å². The number of hydrogen-bond donors (Lipinski definition) is 0. The van der Waals surface area contributed by atoms with Crippen molar-refractivity contribution < 1.29 is 0 Å². The standard InChI is InChI=1S/C7H10BrN3S/c1-2-11(5-3-4-5)7-10-9-6(8)12-7/h5H,2-4H2,1H3. The number of nitrogens with zero attached hydrogens (tertiary/aromatic N) is 3. The van der Waals surface area contributed by atoms with Crippen LogP contribution < -0.4 is 4.90 Å². The van der Waals surface area contributed by atoms with Gasteiger partial charge in [0.2, 0.25) is 5.13 Å². The fourth-order valence-electron chi connectivity index (χ4n) is 1.25. The molecule has 1 fully saturated rings. The van der Waals surface area contributed by atoms with Crippen LogP contribution in [0.5, 0.6) is 0 Å². The van der Waals surface area contributed by atoms with E-state index in [1.807, 2.05) is 0 Å². The largest absolute Gasteiger partial charge is 0.344 e. The van der Waals surface area contributed by atoms with Crippen LogP contribution >= 0.6 is 27.3 Å². The number of aromatic nitrogens is 2. The summed E-state index contributed by atoms with van der Waals surface area (Å²) in [6, 6.07) is 0.731. The molecule has 5 heteroatoms. The van der Waals surface area contributed by atoms with E-state index in [9.17, 15) is 0 Å². The monoisotopic (exact) mass is 247 g/mol. The molecule has 1 aromatic heterocycles. The summed E-state index contributed by atoms with van der Waals surface area (Å²) in [4.78, 5) is 2.32. The van der Waals surface area contributed by atoms with E-state index >= 15 is 0 Å². The molecule has 0 spiro atoms. The van der Waals surface area contributed by atoms with E-state index in [0.29, 0.717) is 0 Å². The summed E-state index contributed by atoms with van der Waals surface area (Å²) in [5.41, 5.74) is 0. The van der Waals surface area contributed by atoms with Crippen molar-refractivity contribution in [2.45, 2.75) is 25.8 Å². The van der Waals surface area contributed by atoms with Crippen LogP contribution in [0.2, 0.25) is 0 Å². The fourth-order valence-corrected chi connectivity index (χ4v) is 2.47. The van der Waals surface area contributed by atoms with Gasteiger partial charge in [-0.05, 0) is 35.7 Å². The Hall–Kier alpha value is -0.160. The molecular formula is C7H10BrN3S. The Balaban J connectivity index is 2.15. The Bertz CT molecular complexity index is 271. The van der Waals surface area contributed by atoms with Crippen LogP contribution in [0.1, 0.15) is 19.8 Å².